The number of halogens is 1. The predicted octanol–water partition coefficient (Wildman–Crippen LogP) is 4.60. The Bertz CT molecular complexity index is 874. The van der Waals surface area contributed by atoms with Gasteiger partial charge >= 0.3 is 0 Å². The Kier molecular flexibility index (Phi) is 3.82. The Balaban J connectivity index is 2.26. The number of aryl methyl sites for hydroxylation is 1. The van der Waals surface area contributed by atoms with Gasteiger partial charge in [-0.05, 0) is 48.9 Å². The minimum absolute atomic E-state index is 0.466. The van der Waals surface area contributed by atoms with Crippen LogP contribution in [0.5, 0.6) is 5.75 Å². The van der Waals surface area contributed by atoms with Crippen LogP contribution in [0.1, 0.15) is 15.9 Å². The van der Waals surface area contributed by atoms with Crippen molar-refractivity contribution in [3.05, 3.63) is 59.7 Å². The van der Waals surface area contributed by atoms with Crippen molar-refractivity contribution in [2.45, 2.75) is 6.92 Å². The van der Waals surface area contributed by atoms with E-state index in [0.717, 1.165) is 27.8 Å². The van der Waals surface area contributed by atoms with Gasteiger partial charge in [0.1, 0.15) is 5.75 Å². The summed E-state index contributed by atoms with van der Waals surface area (Å²) in [5.74, 6) is 0.738. The molecular weight excluding hydrogens is 298 g/mol. The van der Waals surface area contributed by atoms with Crippen LogP contribution in [0.3, 0.4) is 0 Å². The average Bonchev–Trinajstić information content (AvgIpc) is 2.53. The molecule has 3 rings (SSSR count). The summed E-state index contributed by atoms with van der Waals surface area (Å²) in [6, 6.07) is 15.1. The van der Waals surface area contributed by atoms with Crippen LogP contribution in [0.4, 0.5) is 0 Å². The van der Waals surface area contributed by atoms with Crippen LogP contribution in [-0.2, 0) is 0 Å². The standard InChI is InChI=1S/C18H14ClNO2/c1-11-6-7-16-14(8-11)15(18(19)21)10-17(20-16)12-4-3-5-13(9-12)22-2/h3-10H,1-2H3. The first-order chi connectivity index (χ1) is 10.6. The minimum Gasteiger partial charge on any atom is -0.497 e. The number of hydrogen-bond donors (Lipinski definition) is 0. The van der Waals surface area contributed by atoms with E-state index in [0.29, 0.717) is 11.3 Å². The largest absolute Gasteiger partial charge is 0.497 e. The Hall–Kier alpha value is -2.39. The first-order valence-corrected chi connectivity index (χ1v) is 7.22. The van der Waals surface area contributed by atoms with Crippen LogP contribution in [0.15, 0.2) is 48.5 Å². The molecule has 110 valence electrons. The molecule has 0 N–H and O–H groups in total. The van der Waals surface area contributed by atoms with Crippen LogP contribution < -0.4 is 4.74 Å². The Labute approximate surface area is 133 Å². The molecular formula is C18H14ClNO2. The lowest BCUT2D eigenvalue weighted by Crippen LogP contribution is -1.96. The third kappa shape index (κ3) is 2.68. The van der Waals surface area contributed by atoms with E-state index in [9.17, 15) is 4.79 Å². The predicted molar refractivity (Wildman–Crippen MR) is 88.7 cm³/mol. The van der Waals surface area contributed by atoms with Crippen LogP contribution in [0.2, 0.25) is 0 Å². The van der Waals surface area contributed by atoms with Gasteiger partial charge in [-0.15, -0.1) is 0 Å². The third-order valence-corrected chi connectivity index (χ3v) is 3.75. The monoisotopic (exact) mass is 311 g/mol. The second-order valence-electron chi connectivity index (χ2n) is 5.08. The van der Waals surface area contributed by atoms with Crippen molar-refractivity contribution in [1.82, 2.24) is 4.98 Å². The number of benzene rings is 2. The van der Waals surface area contributed by atoms with Crippen molar-refractivity contribution in [2.24, 2.45) is 0 Å². The summed E-state index contributed by atoms with van der Waals surface area (Å²) < 4.78 is 5.24. The topological polar surface area (TPSA) is 39.2 Å². The molecule has 0 atom stereocenters. The minimum atomic E-state index is -0.484. The first kappa shape index (κ1) is 14.5. The number of rotatable bonds is 3. The molecule has 0 saturated heterocycles. The second-order valence-corrected chi connectivity index (χ2v) is 5.42. The summed E-state index contributed by atoms with van der Waals surface area (Å²) in [6.07, 6.45) is 0. The zero-order valence-corrected chi connectivity index (χ0v) is 13.0. The zero-order chi connectivity index (χ0) is 15.7. The highest BCUT2D eigenvalue weighted by Crippen LogP contribution is 2.28. The maximum absolute atomic E-state index is 11.8. The smallest absolute Gasteiger partial charge is 0.253 e. The molecule has 0 aliphatic heterocycles. The Morgan fingerprint density at radius 1 is 1.14 bits per heavy atom. The number of ether oxygens (including phenoxy) is 1. The highest BCUT2D eigenvalue weighted by atomic mass is 35.5. The maximum Gasteiger partial charge on any atom is 0.253 e. The van der Waals surface area contributed by atoms with Gasteiger partial charge < -0.3 is 4.74 Å². The molecule has 1 aromatic heterocycles. The van der Waals surface area contributed by atoms with Crippen LogP contribution in [-0.4, -0.2) is 17.3 Å². The van der Waals surface area contributed by atoms with E-state index < -0.39 is 5.24 Å². The molecule has 4 heteroatoms. The van der Waals surface area contributed by atoms with Gasteiger partial charge in [0.15, 0.2) is 0 Å². The Morgan fingerprint density at radius 3 is 2.68 bits per heavy atom. The van der Waals surface area contributed by atoms with Crippen LogP contribution in [0.25, 0.3) is 22.2 Å². The molecule has 0 unspecified atom stereocenters. The fourth-order valence-electron chi connectivity index (χ4n) is 2.43. The van der Waals surface area contributed by atoms with Crippen molar-refractivity contribution >= 4 is 27.7 Å². The van der Waals surface area contributed by atoms with Gasteiger partial charge in [0, 0.05) is 16.5 Å². The number of nitrogens with zero attached hydrogens (tertiary/aromatic N) is 1. The van der Waals surface area contributed by atoms with Gasteiger partial charge in [-0.2, -0.15) is 0 Å². The number of pyridine rings is 1. The lowest BCUT2D eigenvalue weighted by Gasteiger charge is -2.09. The number of aromatic nitrogens is 1. The van der Waals surface area contributed by atoms with E-state index in [1.54, 1.807) is 13.2 Å². The summed E-state index contributed by atoms with van der Waals surface area (Å²) in [6.45, 7) is 1.97. The quantitative estimate of drug-likeness (QED) is 0.664. The van der Waals surface area contributed by atoms with Crippen molar-refractivity contribution in [3.8, 4) is 17.0 Å². The first-order valence-electron chi connectivity index (χ1n) is 6.84. The lowest BCUT2D eigenvalue weighted by atomic mass is 10.0. The van der Waals surface area contributed by atoms with Gasteiger partial charge in [0.05, 0.1) is 18.3 Å². The summed E-state index contributed by atoms with van der Waals surface area (Å²) in [7, 11) is 1.61. The fourth-order valence-corrected chi connectivity index (χ4v) is 2.59. The van der Waals surface area contributed by atoms with Gasteiger partial charge in [0.25, 0.3) is 5.24 Å². The summed E-state index contributed by atoms with van der Waals surface area (Å²) in [4.78, 5) is 16.4. The molecule has 0 saturated carbocycles. The molecule has 3 aromatic rings. The molecule has 22 heavy (non-hydrogen) atoms. The van der Waals surface area contributed by atoms with E-state index in [1.165, 1.54) is 0 Å². The molecule has 0 fully saturated rings. The average molecular weight is 312 g/mol. The number of carbonyl (C=O) groups is 1. The van der Waals surface area contributed by atoms with Crippen molar-refractivity contribution < 1.29 is 9.53 Å². The second kappa shape index (κ2) is 5.78. The molecule has 0 aliphatic rings. The molecule has 2 aromatic carbocycles. The highest BCUT2D eigenvalue weighted by molar-refractivity contribution is 6.68. The molecule has 0 bridgehead atoms. The fraction of sp³-hybridized carbons (Fsp3) is 0.111. The van der Waals surface area contributed by atoms with Crippen molar-refractivity contribution in [2.75, 3.05) is 7.11 Å². The van der Waals surface area contributed by atoms with E-state index in [2.05, 4.69) is 4.98 Å². The van der Waals surface area contributed by atoms with Crippen LogP contribution in [0, 0.1) is 6.92 Å². The number of hydrogen-bond acceptors (Lipinski definition) is 3. The molecule has 0 radical (unpaired) electrons. The summed E-state index contributed by atoms with van der Waals surface area (Å²) in [5.41, 5.74) is 3.84. The van der Waals surface area contributed by atoms with Crippen LogP contribution >= 0.6 is 11.6 Å². The molecule has 0 spiro atoms. The maximum atomic E-state index is 11.8. The summed E-state index contributed by atoms with van der Waals surface area (Å²) >= 11 is 5.76. The normalized spacial score (nSPS) is 10.7. The number of fused-ring (bicyclic) bond motifs is 1. The van der Waals surface area contributed by atoms with Crippen molar-refractivity contribution in [1.29, 1.82) is 0 Å². The SMILES string of the molecule is COc1cccc(-c2cc(C(=O)Cl)c3cc(C)ccc3n2)c1. The zero-order valence-electron chi connectivity index (χ0n) is 12.3. The van der Waals surface area contributed by atoms with Gasteiger partial charge in [-0.3, -0.25) is 4.79 Å². The van der Waals surface area contributed by atoms with Crippen molar-refractivity contribution in [3.63, 3.8) is 0 Å². The van der Waals surface area contributed by atoms with E-state index in [1.807, 2.05) is 49.4 Å². The van der Waals surface area contributed by atoms with Gasteiger partial charge in [-0.25, -0.2) is 4.98 Å². The number of carbonyl (C=O) groups excluding carboxylic acids is 1. The van der Waals surface area contributed by atoms with E-state index in [4.69, 9.17) is 16.3 Å². The van der Waals surface area contributed by atoms with Gasteiger partial charge in [-0.1, -0.05) is 23.8 Å². The molecule has 3 nitrogen and oxygen atoms in total. The summed E-state index contributed by atoms with van der Waals surface area (Å²) in [5, 5.41) is 0.286. The third-order valence-electron chi connectivity index (χ3n) is 3.54. The lowest BCUT2D eigenvalue weighted by molar-refractivity contribution is 0.108. The molecule has 1 heterocycles. The van der Waals surface area contributed by atoms with E-state index >= 15 is 0 Å². The molecule has 0 amide bonds. The Morgan fingerprint density at radius 2 is 1.95 bits per heavy atom. The molecule has 0 aliphatic carbocycles. The van der Waals surface area contributed by atoms with E-state index in [-0.39, 0.29) is 0 Å². The highest BCUT2D eigenvalue weighted by Gasteiger charge is 2.12. The van der Waals surface area contributed by atoms with Gasteiger partial charge in [0.2, 0.25) is 0 Å². The number of methoxy groups -OCH3 is 1.